The molecule has 0 amide bonds. The van der Waals surface area contributed by atoms with Crippen LogP contribution in [-0.2, 0) is 0 Å². The number of nitrogens with one attached hydrogen (secondary N) is 1. The van der Waals surface area contributed by atoms with E-state index in [0.717, 1.165) is 11.1 Å². The molecule has 5 heteroatoms. The molecule has 128 valence electrons. The van der Waals surface area contributed by atoms with E-state index in [1.807, 2.05) is 91.0 Å². The van der Waals surface area contributed by atoms with Gasteiger partial charge in [0.05, 0.1) is 0 Å². The topological polar surface area (TPSA) is 67.6 Å². The van der Waals surface area contributed by atoms with E-state index >= 15 is 0 Å². The summed E-state index contributed by atoms with van der Waals surface area (Å²) in [6.45, 7) is 0. The number of aromatic amines is 1. The van der Waals surface area contributed by atoms with Crippen LogP contribution < -0.4 is 0 Å². The van der Waals surface area contributed by atoms with Gasteiger partial charge in [0.2, 0.25) is 0 Å². The normalized spacial score (nSPS) is 10.8. The Balaban J connectivity index is 0.000000339. The molecule has 0 radical (unpaired) electrons. The molecule has 0 bridgehead atoms. The fourth-order valence-corrected chi connectivity index (χ4v) is 2.13. The molecule has 2 aromatic heterocycles. The summed E-state index contributed by atoms with van der Waals surface area (Å²) in [5.41, 5.74) is 2.93. The maximum Gasteiger partial charge on any atom is 0.187 e. The number of hydrogen-bond acceptors (Lipinski definition) is 4. The van der Waals surface area contributed by atoms with Crippen molar-refractivity contribution in [1.29, 1.82) is 0 Å². The molecule has 5 nitrogen and oxygen atoms in total. The van der Waals surface area contributed by atoms with Crippen LogP contribution in [0, 0.1) is 0 Å². The van der Waals surface area contributed by atoms with Crippen molar-refractivity contribution in [2.75, 3.05) is 0 Å². The van der Waals surface area contributed by atoms with Gasteiger partial charge in [-0.3, -0.25) is 5.10 Å². The minimum absolute atomic E-state index is 0.644. The van der Waals surface area contributed by atoms with Gasteiger partial charge in [-0.2, -0.15) is 5.10 Å². The summed E-state index contributed by atoms with van der Waals surface area (Å²) in [7, 11) is 0. The molecule has 1 N–H and O–H groups in total. The van der Waals surface area contributed by atoms with Crippen LogP contribution in [0.5, 0.6) is 0 Å². The van der Waals surface area contributed by atoms with Gasteiger partial charge in [-0.15, -0.1) is 5.10 Å². The summed E-state index contributed by atoms with van der Waals surface area (Å²) in [6.07, 6.45) is 11.2. The van der Waals surface area contributed by atoms with Gasteiger partial charge in [0.1, 0.15) is 5.69 Å². The fourth-order valence-electron chi connectivity index (χ4n) is 2.13. The van der Waals surface area contributed by atoms with Crippen molar-refractivity contribution in [1.82, 2.24) is 20.6 Å². The lowest BCUT2D eigenvalue weighted by Crippen LogP contribution is -1.77. The molecule has 4 aromatic rings. The van der Waals surface area contributed by atoms with Crippen molar-refractivity contribution in [3.63, 3.8) is 0 Å². The molecule has 2 heterocycles. The first kappa shape index (κ1) is 17.1. The largest absolute Gasteiger partial charge is 0.337 e. The summed E-state index contributed by atoms with van der Waals surface area (Å²) < 4.78 is 5.18. The molecule has 4 rings (SSSR count). The Bertz CT molecular complexity index is 845. The predicted molar refractivity (Wildman–Crippen MR) is 104 cm³/mol. The van der Waals surface area contributed by atoms with Gasteiger partial charge in [-0.25, -0.2) is 0 Å². The Morgan fingerprint density at radius 2 is 1.38 bits per heavy atom. The zero-order valence-corrected chi connectivity index (χ0v) is 14.1. The summed E-state index contributed by atoms with van der Waals surface area (Å²) in [5.74, 6) is 0.644. The number of benzene rings is 2. The van der Waals surface area contributed by atoms with E-state index in [1.54, 1.807) is 12.4 Å². The summed E-state index contributed by atoms with van der Waals surface area (Å²) in [5, 5.41) is 13.8. The van der Waals surface area contributed by atoms with Gasteiger partial charge in [0.25, 0.3) is 0 Å². The molecule has 0 aliphatic heterocycles. The molecular formula is C21H18N4O. The Labute approximate surface area is 151 Å². The van der Waals surface area contributed by atoms with Crippen molar-refractivity contribution in [2.24, 2.45) is 0 Å². The third-order valence-corrected chi connectivity index (χ3v) is 3.41. The third-order valence-electron chi connectivity index (χ3n) is 3.41. The molecule has 0 aliphatic carbocycles. The first-order valence-electron chi connectivity index (χ1n) is 8.14. The highest BCUT2D eigenvalue weighted by Gasteiger charge is 2.03. The molecule has 0 saturated carbocycles. The molecule has 2 aromatic carbocycles. The SMILES string of the molecule is C(=Cc1nnoc1C=Cc1ccccc1)c1ccccc1.c1cn[nH]c1. The second-order valence-electron chi connectivity index (χ2n) is 5.28. The smallest absolute Gasteiger partial charge is 0.187 e. The maximum absolute atomic E-state index is 5.18. The summed E-state index contributed by atoms with van der Waals surface area (Å²) >= 11 is 0. The van der Waals surface area contributed by atoms with Crippen LogP contribution in [0.25, 0.3) is 24.3 Å². The van der Waals surface area contributed by atoms with Crippen LogP contribution in [0.2, 0.25) is 0 Å². The van der Waals surface area contributed by atoms with Crippen molar-refractivity contribution in [3.05, 3.63) is 102 Å². The van der Waals surface area contributed by atoms with Crippen molar-refractivity contribution >= 4 is 24.3 Å². The molecule has 0 unspecified atom stereocenters. The molecule has 26 heavy (non-hydrogen) atoms. The second-order valence-corrected chi connectivity index (χ2v) is 5.28. The van der Waals surface area contributed by atoms with Gasteiger partial charge in [-0.05, 0) is 29.3 Å². The van der Waals surface area contributed by atoms with Crippen LogP contribution in [0.4, 0.5) is 0 Å². The minimum atomic E-state index is 0.644. The van der Waals surface area contributed by atoms with Crippen LogP contribution in [0.15, 0.2) is 83.6 Å². The molecular weight excluding hydrogens is 324 g/mol. The maximum atomic E-state index is 5.18. The first-order valence-corrected chi connectivity index (χ1v) is 8.14. The van der Waals surface area contributed by atoms with E-state index in [9.17, 15) is 0 Å². The van der Waals surface area contributed by atoms with Crippen molar-refractivity contribution < 1.29 is 4.52 Å². The van der Waals surface area contributed by atoms with E-state index in [4.69, 9.17) is 4.52 Å². The quantitative estimate of drug-likeness (QED) is 0.577. The van der Waals surface area contributed by atoms with Crippen LogP contribution >= 0.6 is 0 Å². The van der Waals surface area contributed by atoms with Gasteiger partial charge in [-0.1, -0.05) is 72.8 Å². The van der Waals surface area contributed by atoms with Crippen molar-refractivity contribution in [2.45, 2.75) is 0 Å². The zero-order valence-electron chi connectivity index (χ0n) is 14.1. The lowest BCUT2D eigenvalue weighted by Gasteiger charge is -1.91. The van der Waals surface area contributed by atoms with Gasteiger partial charge < -0.3 is 4.52 Å². The Morgan fingerprint density at radius 3 is 1.92 bits per heavy atom. The average molecular weight is 342 g/mol. The average Bonchev–Trinajstić information content (AvgIpc) is 3.41. The van der Waals surface area contributed by atoms with E-state index in [2.05, 4.69) is 20.6 Å². The Kier molecular flexibility index (Phi) is 6.27. The zero-order chi connectivity index (χ0) is 17.9. The third kappa shape index (κ3) is 5.42. The highest BCUT2D eigenvalue weighted by molar-refractivity contribution is 5.75. The van der Waals surface area contributed by atoms with E-state index in [0.29, 0.717) is 11.5 Å². The highest BCUT2D eigenvalue weighted by Crippen LogP contribution is 2.14. The first-order chi connectivity index (χ1) is 12.9. The van der Waals surface area contributed by atoms with Crippen molar-refractivity contribution in [3.8, 4) is 0 Å². The highest BCUT2D eigenvalue weighted by atomic mass is 16.5. The molecule has 0 saturated heterocycles. The monoisotopic (exact) mass is 342 g/mol. The number of hydrogen-bond donors (Lipinski definition) is 1. The summed E-state index contributed by atoms with van der Waals surface area (Å²) in [4.78, 5) is 0. The molecule has 0 atom stereocenters. The number of nitrogens with zero attached hydrogens (tertiary/aromatic N) is 3. The predicted octanol–water partition coefficient (Wildman–Crippen LogP) is 4.82. The molecule has 0 spiro atoms. The van der Waals surface area contributed by atoms with Crippen LogP contribution in [-0.4, -0.2) is 20.6 Å². The molecule has 0 fully saturated rings. The van der Waals surface area contributed by atoms with Crippen LogP contribution in [0.3, 0.4) is 0 Å². The number of H-pyrrole nitrogens is 1. The summed E-state index contributed by atoms with van der Waals surface area (Å²) in [6, 6.07) is 21.9. The van der Waals surface area contributed by atoms with E-state index in [1.165, 1.54) is 0 Å². The standard InChI is InChI=1S/C18H14N2O.C3H4N2/c1-3-7-15(8-4-1)11-13-17-18(21-20-19-17)14-12-16-9-5-2-6-10-16;1-2-4-5-3-1/h1-14H;1-3H,(H,4,5). The number of aromatic nitrogens is 4. The Hall–Kier alpha value is -3.73. The Morgan fingerprint density at radius 1 is 0.731 bits per heavy atom. The van der Waals surface area contributed by atoms with E-state index < -0.39 is 0 Å². The van der Waals surface area contributed by atoms with Gasteiger partial charge in [0.15, 0.2) is 5.76 Å². The van der Waals surface area contributed by atoms with Gasteiger partial charge in [0, 0.05) is 17.7 Å². The minimum Gasteiger partial charge on any atom is -0.337 e. The van der Waals surface area contributed by atoms with Gasteiger partial charge >= 0.3 is 0 Å². The fraction of sp³-hybridized carbons (Fsp3) is 0. The number of rotatable bonds is 4. The lowest BCUT2D eigenvalue weighted by molar-refractivity contribution is 0.387. The lowest BCUT2D eigenvalue weighted by atomic mass is 10.1. The van der Waals surface area contributed by atoms with Crippen LogP contribution in [0.1, 0.15) is 22.6 Å². The molecule has 0 aliphatic rings. The second kappa shape index (κ2) is 9.54. The van der Waals surface area contributed by atoms with E-state index in [-0.39, 0.29) is 0 Å².